The molecule has 174 valence electrons. The van der Waals surface area contributed by atoms with Gasteiger partial charge in [-0.05, 0) is 42.2 Å². The number of likely N-dealkylation sites (tertiary alicyclic amines) is 1. The molecule has 0 radical (unpaired) electrons. The van der Waals surface area contributed by atoms with Crippen LogP contribution in [-0.4, -0.2) is 49.5 Å². The molecule has 6 nitrogen and oxygen atoms in total. The normalized spacial score (nSPS) is 19.0. The van der Waals surface area contributed by atoms with Crippen molar-refractivity contribution in [1.29, 1.82) is 0 Å². The van der Waals surface area contributed by atoms with Gasteiger partial charge in [0.25, 0.3) is 10.1 Å². The Bertz CT molecular complexity index is 1070. The predicted molar refractivity (Wildman–Crippen MR) is 107 cm³/mol. The van der Waals surface area contributed by atoms with Gasteiger partial charge in [-0.15, -0.1) is 0 Å². The summed E-state index contributed by atoms with van der Waals surface area (Å²) in [6.07, 6.45) is -5.85. The summed E-state index contributed by atoms with van der Waals surface area (Å²) in [7, 11) is -4.13. The van der Waals surface area contributed by atoms with Crippen molar-refractivity contribution >= 4 is 16.2 Å². The van der Waals surface area contributed by atoms with Crippen molar-refractivity contribution in [3.63, 3.8) is 0 Å². The van der Waals surface area contributed by atoms with Gasteiger partial charge in [-0.3, -0.25) is 4.18 Å². The van der Waals surface area contributed by atoms with Crippen LogP contribution in [-0.2, 0) is 20.5 Å². The molecule has 0 aliphatic carbocycles. The fourth-order valence-electron chi connectivity index (χ4n) is 4.07. The summed E-state index contributed by atoms with van der Waals surface area (Å²) < 4.78 is 83.2. The molecule has 2 aromatic carbocycles. The van der Waals surface area contributed by atoms with E-state index in [-0.39, 0.29) is 24.1 Å². The van der Waals surface area contributed by atoms with Crippen molar-refractivity contribution in [2.45, 2.75) is 37.1 Å². The molecule has 2 aromatic rings. The van der Waals surface area contributed by atoms with Crippen LogP contribution in [0.3, 0.4) is 0 Å². The Morgan fingerprint density at radius 1 is 1.16 bits per heavy atom. The fourth-order valence-corrected chi connectivity index (χ4v) is 4.71. The molecule has 1 N–H and O–H groups in total. The molecular formula is C21H21F4NO5S. The van der Waals surface area contributed by atoms with Crippen LogP contribution in [0.15, 0.2) is 48.5 Å². The predicted octanol–water partition coefficient (Wildman–Crippen LogP) is 4.46. The van der Waals surface area contributed by atoms with Crippen LogP contribution in [0.4, 0.5) is 22.4 Å². The van der Waals surface area contributed by atoms with Gasteiger partial charge in [0.05, 0.1) is 17.9 Å². The Morgan fingerprint density at radius 2 is 1.81 bits per heavy atom. The van der Waals surface area contributed by atoms with Gasteiger partial charge in [0, 0.05) is 12.5 Å². The number of alkyl halides is 3. The number of carboxylic acid groups (broad SMARTS) is 1. The third-order valence-electron chi connectivity index (χ3n) is 5.34. The van der Waals surface area contributed by atoms with E-state index >= 15 is 0 Å². The largest absolute Gasteiger partial charge is 0.465 e. The monoisotopic (exact) mass is 475 g/mol. The fraction of sp³-hybridized carbons (Fsp3) is 0.381. The van der Waals surface area contributed by atoms with Crippen molar-refractivity contribution in [3.8, 4) is 0 Å². The summed E-state index contributed by atoms with van der Waals surface area (Å²) in [5.41, 5.74) is -0.601. The first-order valence-corrected chi connectivity index (χ1v) is 11.5. The maximum Gasteiger partial charge on any atom is 0.416 e. The Hall–Kier alpha value is -2.66. The number of amides is 1. The lowest BCUT2D eigenvalue weighted by Gasteiger charge is -2.35. The summed E-state index contributed by atoms with van der Waals surface area (Å²) in [6.45, 7) is 0.127. The van der Waals surface area contributed by atoms with Gasteiger partial charge in [-0.1, -0.05) is 30.3 Å². The van der Waals surface area contributed by atoms with Crippen LogP contribution < -0.4 is 0 Å². The van der Waals surface area contributed by atoms with E-state index in [1.807, 2.05) is 0 Å². The topological polar surface area (TPSA) is 83.9 Å². The van der Waals surface area contributed by atoms with Gasteiger partial charge in [-0.2, -0.15) is 21.6 Å². The van der Waals surface area contributed by atoms with Crippen molar-refractivity contribution in [1.82, 2.24) is 4.90 Å². The van der Waals surface area contributed by atoms with Gasteiger partial charge < -0.3 is 10.0 Å². The van der Waals surface area contributed by atoms with Gasteiger partial charge in [-0.25, -0.2) is 9.18 Å². The molecule has 1 unspecified atom stereocenters. The number of halogens is 4. The maximum absolute atomic E-state index is 13.6. The van der Waals surface area contributed by atoms with Crippen LogP contribution in [0.1, 0.15) is 35.4 Å². The third kappa shape index (κ3) is 5.57. The highest BCUT2D eigenvalue weighted by atomic mass is 32.2. The Balaban J connectivity index is 2.20. The molecule has 1 saturated heterocycles. The highest BCUT2D eigenvalue weighted by Crippen LogP contribution is 2.39. The van der Waals surface area contributed by atoms with Crippen LogP contribution in [0, 0.1) is 5.82 Å². The van der Waals surface area contributed by atoms with E-state index < -0.39 is 51.8 Å². The van der Waals surface area contributed by atoms with Crippen LogP contribution in [0.5, 0.6) is 0 Å². The molecular weight excluding hydrogens is 454 g/mol. The summed E-state index contributed by atoms with van der Waals surface area (Å²) in [5, 5.41) is 9.56. The highest BCUT2D eigenvalue weighted by Gasteiger charge is 2.43. The summed E-state index contributed by atoms with van der Waals surface area (Å²) in [5.74, 6) is -1.71. The Morgan fingerprint density at radius 3 is 2.38 bits per heavy atom. The lowest BCUT2D eigenvalue weighted by Crippen LogP contribution is -2.47. The van der Waals surface area contributed by atoms with E-state index in [1.165, 1.54) is 24.3 Å². The quantitative estimate of drug-likeness (QED) is 0.493. The van der Waals surface area contributed by atoms with Gasteiger partial charge >= 0.3 is 12.3 Å². The summed E-state index contributed by atoms with van der Waals surface area (Å²) in [4.78, 5) is 12.8. The minimum Gasteiger partial charge on any atom is -0.465 e. The minimum atomic E-state index is -4.66. The average Bonchev–Trinajstić information content (AvgIpc) is 3.18. The number of carbonyl (C=O) groups is 1. The molecule has 0 aromatic heterocycles. The molecule has 3 rings (SSSR count). The number of nitrogens with zero attached hydrogens (tertiary/aromatic N) is 1. The van der Waals surface area contributed by atoms with Crippen LogP contribution in [0.25, 0.3) is 0 Å². The average molecular weight is 475 g/mol. The van der Waals surface area contributed by atoms with Gasteiger partial charge in [0.15, 0.2) is 0 Å². The first-order valence-electron chi connectivity index (χ1n) is 9.67. The molecule has 1 fully saturated rings. The lowest BCUT2D eigenvalue weighted by molar-refractivity contribution is -0.137. The molecule has 11 heteroatoms. The zero-order valence-electron chi connectivity index (χ0n) is 16.9. The molecule has 1 heterocycles. The second kappa shape index (κ2) is 9.07. The molecule has 1 aliphatic heterocycles. The SMILES string of the molecule is CS(=O)(=O)O[C@H](C1CCCN1C(=O)O)[C@H](c1ccc(F)cc1)c1cccc(C(F)(F)F)c1. The number of rotatable bonds is 6. The number of benzene rings is 2. The zero-order chi connectivity index (χ0) is 23.7. The standard InChI is InChI=1S/C21H21F4NO5S/c1-32(29,30)31-19(17-6-3-11-26(17)20(27)28)18(13-7-9-16(22)10-8-13)14-4-2-5-15(12-14)21(23,24)25/h2,4-5,7-10,12,17-19H,3,6,11H2,1H3,(H,27,28)/t17?,18-,19-/m1/s1. The summed E-state index contributed by atoms with van der Waals surface area (Å²) in [6, 6.07) is 8.18. The van der Waals surface area contributed by atoms with Gasteiger partial charge in [0.2, 0.25) is 0 Å². The Labute approximate surface area is 182 Å². The third-order valence-corrected chi connectivity index (χ3v) is 5.91. The Kier molecular flexibility index (Phi) is 6.80. The van der Waals surface area contributed by atoms with Crippen LogP contribution >= 0.6 is 0 Å². The molecule has 0 saturated carbocycles. The second-order valence-corrected chi connectivity index (χ2v) is 9.20. The molecule has 32 heavy (non-hydrogen) atoms. The van der Waals surface area contributed by atoms with Crippen molar-refractivity contribution in [2.24, 2.45) is 0 Å². The van der Waals surface area contributed by atoms with Crippen LogP contribution in [0.2, 0.25) is 0 Å². The second-order valence-electron chi connectivity index (χ2n) is 7.60. The van der Waals surface area contributed by atoms with E-state index in [0.29, 0.717) is 6.42 Å². The van der Waals surface area contributed by atoms with E-state index in [4.69, 9.17) is 4.18 Å². The molecule has 1 aliphatic rings. The number of hydrogen-bond donors (Lipinski definition) is 1. The van der Waals surface area contributed by atoms with E-state index in [2.05, 4.69) is 0 Å². The molecule has 3 atom stereocenters. The summed E-state index contributed by atoms with van der Waals surface area (Å²) >= 11 is 0. The minimum absolute atomic E-state index is 0.0670. The van der Waals surface area contributed by atoms with E-state index in [0.717, 1.165) is 35.4 Å². The smallest absolute Gasteiger partial charge is 0.416 e. The first-order chi connectivity index (χ1) is 14.9. The van der Waals surface area contributed by atoms with E-state index in [9.17, 15) is 35.9 Å². The molecule has 0 spiro atoms. The molecule has 0 bridgehead atoms. The zero-order valence-corrected chi connectivity index (χ0v) is 17.7. The maximum atomic E-state index is 13.6. The van der Waals surface area contributed by atoms with Crippen molar-refractivity contribution in [2.75, 3.05) is 12.8 Å². The lowest BCUT2D eigenvalue weighted by atomic mass is 9.82. The van der Waals surface area contributed by atoms with Crippen molar-refractivity contribution < 1.29 is 40.1 Å². The van der Waals surface area contributed by atoms with E-state index in [1.54, 1.807) is 0 Å². The number of hydrogen-bond acceptors (Lipinski definition) is 4. The first kappa shape index (κ1) is 24.0. The van der Waals surface area contributed by atoms with Crippen molar-refractivity contribution in [3.05, 3.63) is 71.0 Å². The molecule has 1 amide bonds. The highest BCUT2D eigenvalue weighted by molar-refractivity contribution is 7.86. The van der Waals surface area contributed by atoms with Gasteiger partial charge in [0.1, 0.15) is 11.9 Å².